The van der Waals surface area contributed by atoms with Crippen molar-refractivity contribution in [1.29, 1.82) is 0 Å². The van der Waals surface area contributed by atoms with E-state index in [9.17, 15) is 0 Å². The molecule has 0 saturated heterocycles. The molecular weight excluding hydrogens is 306 g/mol. The fraction of sp³-hybridized carbons (Fsp3) is 0.105. The van der Waals surface area contributed by atoms with E-state index in [1.807, 2.05) is 6.07 Å². The summed E-state index contributed by atoms with van der Waals surface area (Å²) in [4.78, 5) is 4.30. The molecule has 0 N–H and O–H groups in total. The SMILES string of the molecule is CN(C(=S)CSc1ccccc1)c1cccc2ccccc12. The highest BCUT2D eigenvalue weighted by atomic mass is 32.2. The molecule has 0 unspecified atom stereocenters. The van der Waals surface area contributed by atoms with Crippen molar-refractivity contribution in [3.63, 3.8) is 0 Å². The van der Waals surface area contributed by atoms with Gasteiger partial charge in [-0.2, -0.15) is 0 Å². The molecule has 0 saturated carbocycles. The lowest BCUT2D eigenvalue weighted by atomic mass is 10.1. The van der Waals surface area contributed by atoms with Crippen LogP contribution < -0.4 is 4.90 Å². The Kier molecular flexibility index (Phi) is 4.76. The molecule has 0 aliphatic heterocycles. The summed E-state index contributed by atoms with van der Waals surface area (Å²) in [5, 5.41) is 2.48. The summed E-state index contributed by atoms with van der Waals surface area (Å²) in [7, 11) is 2.05. The van der Waals surface area contributed by atoms with E-state index < -0.39 is 0 Å². The third-order valence-electron chi connectivity index (χ3n) is 3.61. The predicted octanol–water partition coefficient (Wildman–Crippen LogP) is 5.40. The first kappa shape index (κ1) is 15.1. The lowest BCUT2D eigenvalue weighted by Crippen LogP contribution is -2.26. The molecule has 0 fully saturated rings. The largest absolute Gasteiger partial charge is 0.338 e. The van der Waals surface area contributed by atoms with Gasteiger partial charge in [-0.15, -0.1) is 11.8 Å². The molecule has 0 aromatic heterocycles. The van der Waals surface area contributed by atoms with Gasteiger partial charge in [0, 0.05) is 28.8 Å². The fourth-order valence-corrected chi connectivity index (χ4v) is 3.50. The molecule has 3 rings (SSSR count). The number of nitrogens with zero attached hydrogens (tertiary/aromatic N) is 1. The van der Waals surface area contributed by atoms with Crippen molar-refractivity contribution in [2.24, 2.45) is 0 Å². The van der Waals surface area contributed by atoms with E-state index in [0.29, 0.717) is 0 Å². The lowest BCUT2D eigenvalue weighted by molar-refractivity contribution is 1.30. The van der Waals surface area contributed by atoms with E-state index in [1.54, 1.807) is 11.8 Å². The van der Waals surface area contributed by atoms with Crippen LogP contribution in [0, 0.1) is 0 Å². The molecule has 0 spiro atoms. The molecule has 3 heteroatoms. The molecule has 0 aliphatic rings. The standard InChI is InChI=1S/C19H17NS2/c1-20(19(21)14-22-16-10-3-2-4-11-16)18-13-7-9-15-8-5-6-12-17(15)18/h2-13H,14H2,1H3. The monoisotopic (exact) mass is 323 g/mol. The van der Waals surface area contributed by atoms with E-state index in [4.69, 9.17) is 12.2 Å². The summed E-state index contributed by atoms with van der Waals surface area (Å²) in [5.41, 5.74) is 1.16. The maximum atomic E-state index is 5.63. The van der Waals surface area contributed by atoms with Crippen molar-refractivity contribution in [2.75, 3.05) is 17.7 Å². The van der Waals surface area contributed by atoms with Crippen molar-refractivity contribution >= 4 is 45.4 Å². The zero-order valence-electron chi connectivity index (χ0n) is 12.4. The second-order valence-electron chi connectivity index (χ2n) is 5.05. The summed E-state index contributed by atoms with van der Waals surface area (Å²) in [5.74, 6) is 0.805. The van der Waals surface area contributed by atoms with Gasteiger partial charge in [0.2, 0.25) is 0 Å². The third-order valence-corrected chi connectivity index (χ3v) is 5.23. The van der Waals surface area contributed by atoms with Crippen LogP contribution in [-0.2, 0) is 0 Å². The van der Waals surface area contributed by atoms with Gasteiger partial charge < -0.3 is 4.90 Å². The topological polar surface area (TPSA) is 3.24 Å². The van der Waals surface area contributed by atoms with Crippen LogP contribution in [0.3, 0.4) is 0 Å². The Morgan fingerprint density at radius 3 is 2.41 bits per heavy atom. The molecule has 0 heterocycles. The number of hydrogen-bond acceptors (Lipinski definition) is 2. The van der Waals surface area contributed by atoms with Crippen molar-refractivity contribution in [3.05, 3.63) is 72.8 Å². The van der Waals surface area contributed by atoms with Gasteiger partial charge in [0.05, 0.1) is 4.99 Å². The van der Waals surface area contributed by atoms with Gasteiger partial charge in [0.1, 0.15) is 0 Å². The summed E-state index contributed by atoms with van der Waals surface area (Å²) < 4.78 is 0. The van der Waals surface area contributed by atoms with Crippen LogP contribution in [0.2, 0.25) is 0 Å². The van der Waals surface area contributed by atoms with Gasteiger partial charge in [-0.25, -0.2) is 0 Å². The average Bonchev–Trinajstić information content (AvgIpc) is 2.59. The van der Waals surface area contributed by atoms with Crippen LogP contribution >= 0.6 is 24.0 Å². The van der Waals surface area contributed by atoms with Gasteiger partial charge in [-0.05, 0) is 23.6 Å². The van der Waals surface area contributed by atoms with Gasteiger partial charge in [0.25, 0.3) is 0 Å². The molecule has 0 radical (unpaired) electrons. The molecule has 22 heavy (non-hydrogen) atoms. The number of fused-ring (bicyclic) bond motifs is 1. The van der Waals surface area contributed by atoms with E-state index in [0.717, 1.165) is 16.4 Å². The summed E-state index contributed by atoms with van der Waals surface area (Å²) in [6.45, 7) is 0. The lowest BCUT2D eigenvalue weighted by Gasteiger charge is -2.22. The van der Waals surface area contributed by atoms with Crippen molar-refractivity contribution < 1.29 is 0 Å². The quantitative estimate of drug-likeness (QED) is 0.468. The maximum Gasteiger partial charge on any atom is 0.0925 e. The summed E-state index contributed by atoms with van der Waals surface area (Å²) in [6, 6.07) is 25.1. The summed E-state index contributed by atoms with van der Waals surface area (Å²) >= 11 is 7.40. The minimum atomic E-state index is 0.805. The van der Waals surface area contributed by atoms with Crippen LogP contribution in [0.5, 0.6) is 0 Å². The third kappa shape index (κ3) is 3.32. The van der Waals surface area contributed by atoms with Gasteiger partial charge in [0.15, 0.2) is 0 Å². The van der Waals surface area contributed by atoms with Crippen molar-refractivity contribution in [2.45, 2.75) is 4.90 Å². The van der Waals surface area contributed by atoms with E-state index >= 15 is 0 Å². The van der Waals surface area contributed by atoms with Crippen LogP contribution in [-0.4, -0.2) is 17.8 Å². The summed E-state index contributed by atoms with van der Waals surface area (Å²) in [6.07, 6.45) is 0. The van der Waals surface area contributed by atoms with Crippen molar-refractivity contribution in [1.82, 2.24) is 0 Å². The molecule has 110 valence electrons. The first-order chi connectivity index (χ1) is 10.8. The van der Waals surface area contributed by atoms with Crippen LogP contribution in [0.15, 0.2) is 77.7 Å². The number of rotatable bonds is 4. The molecule has 3 aromatic rings. The molecule has 0 amide bonds. The number of thioether (sulfide) groups is 1. The average molecular weight is 323 g/mol. The van der Waals surface area contributed by atoms with E-state index in [2.05, 4.69) is 78.7 Å². The highest BCUT2D eigenvalue weighted by molar-refractivity contribution is 8.01. The molecule has 0 aliphatic carbocycles. The van der Waals surface area contributed by atoms with Gasteiger partial charge >= 0.3 is 0 Å². The number of thiocarbonyl (C=S) groups is 1. The van der Waals surface area contributed by atoms with Crippen LogP contribution in [0.4, 0.5) is 5.69 Å². The first-order valence-electron chi connectivity index (χ1n) is 7.18. The Hall–Kier alpha value is -1.84. The van der Waals surface area contributed by atoms with Gasteiger partial charge in [-0.3, -0.25) is 0 Å². The molecule has 0 atom stereocenters. The minimum absolute atomic E-state index is 0.805. The zero-order chi connectivity index (χ0) is 15.4. The minimum Gasteiger partial charge on any atom is -0.338 e. The normalized spacial score (nSPS) is 10.6. The highest BCUT2D eigenvalue weighted by Gasteiger charge is 2.10. The number of hydrogen-bond donors (Lipinski definition) is 0. The Morgan fingerprint density at radius 2 is 1.59 bits per heavy atom. The molecular formula is C19H17NS2. The molecule has 3 aromatic carbocycles. The molecule has 0 bridgehead atoms. The maximum absolute atomic E-state index is 5.63. The van der Waals surface area contributed by atoms with Crippen molar-refractivity contribution in [3.8, 4) is 0 Å². The highest BCUT2D eigenvalue weighted by Crippen LogP contribution is 2.27. The van der Waals surface area contributed by atoms with E-state index in [1.165, 1.54) is 15.7 Å². The Labute approximate surface area is 141 Å². The smallest absolute Gasteiger partial charge is 0.0925 e. The van der Waals surface area contributed by atoms with Crippen LogP contribution in [0.1, 0.15) is 0 Å². The Morgan fingerprint density at radius 1 is 0.909 bits per heavy atom. The zero-order valence-corrected chi connectivity index (χ0v) is 14.0. The second-order valence-corrected chi connectivity index (χ2v) is 6.57. The second kappa shape index (κ2) is 6.95. The van der Waals surface area contributed by atoms with Gasteiger partial charge in [-0.1, -0.05) is 66.8 Å². The predicted molar refractivity (Wildman–Crippen MR) is 102 cm³/mol. The van der Waals surface area contributed by atoms with Crippen LogP contribution in [0.25, 0.3) is 10.8 Å². The first-order valence-corrected chi connectivity index (χ1v) is 8.57. The number of benzene rings is 3. The van der Waals surface area contributed by atoms with E-state index in [-0.39, 0.29) is 0 Å². The Balaban J connectivity index is 1.77. The Bertz CT molecular complexity index is 778. The fourth-order valence-electron chi connectivity index (χ4n) is 2.39. The number of anilines is 1. The molecule has 1 nitrogen and oxygen atoms in total.